The molecule has 0 aliphatic heterocycles. The summed E-state index contributed by atoms with van der Waals surface area (Å²) in [5.41, 5.74) is 1.05. The Hall–Kier alpha value is -2.50. The first-order valence-corrected chi connectivity index (χ1v) is 5.92. The van der Waals surface area contributed by atoms with Gasteiger partial charge in [-0.1, -0.05) is 19.1 Å². The third-order valence-electron chi connectivity index (χ3n) is 2.93. The molecule has 5 nitrogen and oxygen atoms in total. The Balaban J connectivity index is 2.42. The zero-order chi connectivity index (χ0) is 13.4. The predicted molar refractivity (Wildman–Crippen MR) is 68.4 cm³/mol. The van der Waals surface area contributed by atoms with Gasteiger partial charge >= 0.3 is 5.69 Å². The van der Waals surface area contributed by atoms with Crippen molar-refractivity contribution in [2.75, 3.05) is 0 Å². The summed E-state index contributed by atoms with van der Waals surface area (Å²) >= 11 is 0. The van der Waals surface area contributed by atoms with Crippen LogP contribution in [-0.2, 0) is 6.42 Å². The quantitative estimate of drug-likeness (QED) is 0.762. The van der Waals surface area contributed by atoms with Gasteiger partial charge in [0, 0.05) is 11.8 Å². The second kappa shape index (κ2) is 4.31. The molecule has 19 heavy (non-hydrogen) atoms. The summed E-state index contributed by atoms with van der Waals surface area (Å²) < 4.78 is 15.2. The molecule has 6 heteroatoms. The molecule has 0 aliphatic carbocycles. The summed E-state index contributed by atoms with van der Waals surface area (Å²) in [5, 5.41) is 6.26. The third-order valence-corrected chi connectivity index (χ3v) is 2.93. The third kappa shape index (κ3) is 1.81. The molecule has 3 aromatic rings. The average molecular weight is 258 g/mol. The van der Waals surface area contributed by atoms with Crippen LogP contribution in [0.3, 0.4) is 0 Å². The van der Waals surface area contributed by atoms with E-state index < -0.39 is 11.5 Å². The van der Waals surface area contributed by atoms with Crippen LogP contribution in [0.15, 0.2) is 35.1 Å². The van der Waals surface area contributed by atoms with Crippen LogP contribution < -0.4 is 5.69 Å². The van der Waals surface area contributed by atoms with Crippen molar-refractivity contribution in [1.82, 2.24) is 19.6 Å². The van der Waals surface area contributed by atoms with E-state index in [2.05, 4.69) is 15.2 Å². The topological polar surface area (TPSA) is 63.0 Å². The molecule has 0 saturated carbocycles. The van der Waals surface area contributed by atoms with Gasteiger partial charge in [-0.05, 0) is 18.6 Å². The van der Waals surface area contributed by atoms with E-state index in [0.717, 1.165) is 5.69 Å². The van der Waals surface area contributed by atoms with E-state index >= 15 is 0 Å². The summed E-state index contributed by atoms with van der Waals surface area (Å²) in [6, 6.07) is 7.94. The number of benzene rings is 1. The number of aromatic nitrogens is 4. The molecule has 0 amide bonds. The lowest BCUT2D eigenvalue weighted by Gasteiger charge is -2.06. The van der Waals surface area contributed by atoms with E-state index in [4.69, 9.17) is 0 Å². The molecule has 1 N–H and O–H groups in total. The molecule has 2 aromatic heterocycles. The smallest absolute Gasteiger partial charge is 0.246 e. The van der Waals surface area contributed by atoms with Gasteiger partial charge in [0.25, 0.3) is 0 Å². The molecule has 2 heterocycles. The van der Waals surface area contributed by atoms with Gasteiger partial charge in [-0.25, -0.2) is 23.7 Å². The van der Waals surface area contributed by atoms with Crippen LogP contribution in [0.2, 0.25) is 0 Å². The zero-order valence-corrected chi connectivity index (χ0v) is 10.2. The number of nitrogens with one attached hydrogen (secondary N) is 1. The number of fused-ring (bicyclic) bond motifs is 1. The lowest BCUT2D eigenvalue weighted by molar-refractivity contribution is 0.629. The van der Waals surface area contributed by atoms with Crippen LogP contribution in [0.25, 0.3) is 17.0 Å². The molecular formula is C13H11FN4O. The van der Waals surface area contributed by atoms with Crippen LogP contribution in [0, 0.1) is 5.82 Å². The number of aromatic amines is 1. The standard InChI is InChI=1S/C13H11FN4O/c1-2-8-7-11-16-17-13(19)18(11)12(15-8)9-5-3-4-6-10(9)14/h3-7H,2H2,1H3,(H,17,19). The highest BCUT2D eigenvalue weighted by molar-refractivity contribution is 5.60. The first kappa shape index (κ1) is 11.6. The van der Waals surface area contributed by atoms with Gasteiger partial charge in [0.15, 0.2) is 11.5 Å². The highest BCUT2D eigenvalue weighted by Gasteiger charge is 2.14. The largest absolute Gasteiger partial charge is 0.349 e. The van der Waals surface area contributed by atoms with Crippen molar-refractivity contribution in [2.45, 2.75) is 13.3 Å². The Morgan fingerprint density at radius 2 is 2.16 bits per heavy atom. The fraction of sp³-hybridized carbons (Fsp3) is 0.154. The number of hydrogen-bond donors (Lipinski definition) is 1. The highest BCUT2D eigenvalue weighted by Crippen LogP contribution is 2.21. The van der Waals surface area contributed by atoms with Crippen molar-refractivity contribution < 1.29 is 4.39 Å². The molecule has 96 valence electrons. The molecule has 0 atom stereocenters. The fourth-order valence-corrected chi connectivity index (χ4v) is 1.98. The minimum Gasteiger partial charge on any atom is -0.246 e. The van der Waals surface area contributed by atoms with Crippen LogP contribution >= 0.6 is 0 Å². The van der Waals surface area contributed by atoms with Crippen molar-refractivity contribution in [3.63, 3.8) is 0 Å². The maximum Gasteiger partial charge on any atom is 0.349 e. The number of aryl methyl sites for hydroxylation is 1. The van der Waals surface area contributed by atoms with Crippen LogP contribution in [0.4, 0.5) is 4.39 Å². The highest BCUT2D eigenvalue weighted by atomic mass is 19.1. The Labute approximate surface area is 107 Å². The predicted octanol–water partition coefficient (Wildman–Crippen LogP) is 1.79. The zero-order valence-electron chi connectivity index (χ0n) is 10.2. The van der Waals surface area contributed by atoms with Gasteiger partial charge in [0.05, 0.1) is 5.56 Å². The fourth-order valence-electron chi connectivity index (χ4n) is 1.98. The number of nitrogens with zero attached hydrogens (tertiary/aromatic N) is 3. The van der Waals surface area contributed by atoms with Crippen molar-refractivity contribution >= 4 is 5.65 Å². The van der Waals surface area contributed by atoms with Crippen molar-refractivity contribution in [3.05, 3.63) is 52.3 Å². The monoisotopic (exact) mass is 258 g/mol. The summed E-state index contributed by atoms with van der Waals surface area (Å²) in [6.45, 7) is 1.94. The Kier molecular flexibility index (Phi) is 2.63. The molecular weight excluding hydrogens is 247 g/mol. The van der Waals surface area contributed by atoms with Gasteiger partial charge in [0.1, 0.15) is 5.82 Å². The van der Waals surface area contributed by atoms with Gasteiger partial charge in [-0.2, -0.15) is 5.10 Å². The molecule has 0 saturated heterocycles. The van der Waals surface area contributed by atoms with Crippen LogP contribution in [0.1, 0.15) is 12.6 Å². The summed E-state index contributed by atoms with van der Waals surface area (Å²) in [4.78, 5) is 16.1. The normalized spacial score (nSPS) is 11.1. The summed E-state index contributed by atoms with van der Waals surface area (Å²) in [6.07, 6.45) is 0.680. The van der Waals surface area contributed by atoms with E-state index in [1.54, 1.807) is 24.3 Å². The van der Waals surface area contributed by atoms with Gasteiger partial charge in [-0.3, -0.25) is 0 Å². The SMILES string of the molecule is CCc1cc2n[nH]c(=O)n2c(-c2ccccc2F)n1. The molecule has 0 radical (unpaired) electrons. The Bertz CT molecular complexity index is 806. The lowest BCUT2D eigenvalue weighted by Crippen LogP contribution is -2.14. The molecule has 0 aliphatic rings. The number of hydrogen-bond acceptors (Lipinski definition) is 3. The van der Waals surface area contributed by atoms with Crippen molar-refractivity contribution in [1.29, 1.82) is 0 Å². The van der Waals surface area contributed by atoms with E-state index in [-0.39, 0.29) is 11.4 Å². The second-order valence-electron chi connectivity index (χ2n) is 4.13. The molecule has 0 spiro atoms. The Morgan fingerprint density at radius 3 is 2.89 bits per heavy atom. The maximum absolute atomic E-state index is 13.9. The second-order valence-corrected chi connectivity index (χ2v) is 4.13. The summed E-state index contributed by atoms with van der Waals surface area (Å²) in [7, 11) is 0. The van der Waals surface area contributed by atoms with Gasteiger partial charge in [0.2, 0.25) is 0 Å². The molecule has 1 aromatic carbocycles. The van der Waals surface area contributed by atoms with Crippen molar-refractivity contribution in [2.24, 2.45) is 0 Å². The number of rotatable bonds is 2. The molecule has 3 rings (SSSR count). The van der Waals surface area contributed by atoms with Gasteiger partial charge in [-0.15, -0.1) is 0 Å². The van der Waals surface area contributed by atoms with E-state index in [9.17, 15) is 9.18 Å². The van der Waals surface area contributed by atoms with Crippen LogP contribution in [0.5, 0.6) is 0 Å². The first-order chi connectivity index (χ1) is 9.20. The minimum absolute atomic E-state index is 0.270. The van der Waals surface area contributed by atoms with Gasteiger partial charge < -0.3 is 0 Å². The maximum atomic E-state index is 13.9. The lowest BCUT2D eigenvalue weighted by atomic mass is 10.2. The van der Waals surface area contributed by atoms with E-state index in [0.29, 0.717) is 12.1 Å². The average Bonchev–Trinajstić information content (AvgIpc) is 2.80. The molecule has 0 bridgehead atoms. The molecule has 0 unspecified atom stereocenters. The first-order valence-electron chi connectivity index (χ1n) is 5.92. The minimum atomic E-state index is -0.427. The van der Waals surface area contributed by atoms with Crippen LogP contribution in [-0.4, -0.2) is 19.6 Å². The van der Waals surface area contributed by atoms with E-state index in [1.165, 1.54) is 10.5 Å². The molecule has 0 fully saturated rings. The number of H-pyrrole nitrogens is 1. The van der Waals surface area contributed by atoms with Crippen molar-refractivity contribution in [3.8, 4) is 11.4 Å². The Morgan fingerprint density at radius 1 is 1.37 bits per heavy atom. The number of halogens is 1. The van der Waals surface area contributed by atoms with E-state index in [1.807, 2.05) is 6.92 Å². The summed E-state index contributed by atoms with van der Waals surface area (Å²) in [5.74, 6) is -0.149.